The Labute approximate surface area is 147 Å². The summed E-state index contributed by atoms with van der Waals surface area (Å²) >= 11 is 0. The smallest absolute Gasteiger partial charge is 0.251 e. The van der Waals surface area contributed by atoms with Gasteiger partial charge in [-0.1, -0.05) is 12.1 Å². The summed E-state index contributed by atoms with van der Waals surface area (Å²) in [5.74, 6) is 2.02. The zero-order chi connectivity index (χ0) is 17.8. The number of fused-ring (bicyclic) bond motifs is 1. The summed E-state index contributed by atoms with van der Waals surface area (Å²) < 4.78 is 16.0. The number of hydrogen-bond donors (Lipinski definition) is 1. The molecule has 0 aromatic heterocycles. The van der Waals surface area contributed by atoms with Crippen molar-refractivity contribution in [2.75, 3.05) is 34.5 Å². The Morgan fingerprint density at radius 3 is 2.76 bits per heavy atom. The highest BCUT2D eigenvalue weighted by molar-refractivity contribution is 5.94. The van der Waals surface area contributed by atoms with Crippen LogP contribution in [0.3, 0.4) is 0 Å². The minimum absolute atomic E-state index is 0.0176. The van der Waals surface area contributed by atoms with Gasteiger partial charge in [0, 0.05) is 12.1 Å². The van der Waals surface area contributed by atoms with Crippen LogP contribution < -0.4 is 19.5 Å². The van der Waals surface area contributed by atoms with Crippen LogP contribution in [0, 0.1) is 0 Å². The van der Waals surface area contributed by atoms with E-state index in [9.17, 15) is 4.79 Å². The molecule has 1 atom stereocenters. The number of hydrogen-bond acceptors (Lipinski definition) is 5. The molecule has 1 unspecified atom stereocenters. The Kier molecular flexibility index (Phi) is 5.09. The molecule has 0 fully saturated rings. The van der Waals surface area contributed by atoms with Gasteiger partial charge in [-0.25, -0.2) is 0 Å². The molecule has 6 nitrogen and oxygen atoms in total. The van der Waals surface area contributed by atoms with E-state index >= 15 is 0 Å². The summed E-state index contributed by atoms with van der Waals surface area (Å²) in [7, 11) is 5.54. The molecule has 1 N–H and O–H groups in total. The van der Waals surface area contributed by atoms with E-state index in [4.69, 9.17) is 14.2 Å². The van der Waals surface area contributed by atoms with E-state index in [1.807, 2.05) is 38.4 Å². The molecule has 6 heteroatoms. The van der Waals surface area contributed by atoms with Crippen molar-refractivity contribution in [2.24, 2.45) is 0 Å². The normalized spacial score (nSPS) is 13.6. The Morgan fingerprint density at radius 1 is 1.20 bits per heavy atom. The molecule has 25 heavy (non-hydrogen) atoms. The fourth-order valence-corrected chi connectivity index (χ4v) is 2.77. The average Bonchev–Trinajstić information content (AvgIpc) is 3.09. The second-order valence-electron chi connectivity index (χ2n) is 6.03. The van der Waals surface area contributed by atoms with Crippen LogP contribution in [0.2, 0.25) is 0 Å². The van der Waals surface area contributed by atoms with Crippen molar-refractivity contribution in [3.8, 4) is 17.2 Å². The lowest BCUT2D eigenvalue weighted by Gasteiger charge is -2.25. The van der Waals surface area contributed by atoms with Crippen molar-refractivity contribution < 1.29 is 19.0 Å². The first-order chi connectivity index (χ1) is 12.1. The van der Waals surface area contributed by atoms with E-state index in [2.05, 4.69) is 10.2 Å². The summed E-state index contributed by atoms with van der Waals surface area (Å²) in [6.45, 7) is 0.723. The molecule has 0 spiro atoms. The van der Waals surface area contributed by atoms with Gasteiger partial charge in [-0.05, 0) is 50.0 Å². The van der Waals surface area contributed by atoms with Gasteiger partial charge in [0.1, 0.15) is 5.75 Å². The molecule has 0 bridgehead atoms. The summed E-state index contributed by atoms with van der Waals surface area (Å²) in [5.41, 5.74) is 1.63. The van der Waals surface area contributed by atoms with E-state index in [0.717, 1.165) is 17.1 Å². The second kappa shape index (κ2) is 7.44. The van der Waals surface area contributed by atoms with Crippen molar-refractivity contribution in [1.29, 1.82) is 0 Å². The highest BCUT2D eigenvalue weighted by Gasteiger charge is 2.20. The molecule has 3 rings (SSSR count). The van der Waals surface area contributed by atoms with Crippen molar-refractivity contribution in [1.82, 2.24) is 10.2 Å². The maximum absolute atomic E-state index is 12.4. The number of nitrogens with zero attached hydrogens (tertiary/aromatic N) is 1. The van der Waals surface area contributed by atoms with Crippen LogP contribution in [0.15, 0.2) is 42.5 Å². The molecule has 0 radical (unpaired) electrons. The van der Waals surface area contributed by atoms with Gasteiger partial charge in [0.15, 0.2) is 11.5 Å². The number of methoxy groups -OCH3 is 1. The molecule has 1 heterocycles. The summed E-state index contributed by atoms with van der Waals surface area (Å²) in [6.07, 6.45) is 0. The topological polar surface area (TPSA) is 60.0 Å². The SMILES string of the molecule is COc1cccc(C(=O)NCC(c2ccc3c(c2)OCO3)N(C)C)c1. The van der Waals surface area contributed by atoms with Crippen LogP contribution in [0.4, 0.5) is 0 Å². The predicted molar refractivity (Wildman–Crippen MR) is 94.3 cm³/mol. The quantitative estimate of drug-likeness (QED) is 0.874. The molecule has 2 aromatic rings. The van der Waals surface area contributed by atoms with Gasteiger partial charge in [-0.15, -0.1) is 0 Å². The van der Waals surface area contributed by atoms with Crippen molar-refractivity contribution in [3.05, 3.63) is 53.6 Å². The molecule has 0 saturated heterocycles. The van der Waals surface area contributed by atoms with E-state index in [0.29, 0.717) is 17.9 Å². The third-order valence-corrected chi connectivity index (χ3v) is 4.19. The predicted octanol–water partition coefficient (Wildman–Crippen LogP) is 2.46. The number of benzene rings is 2. The number of rotatable bonds is 6. The van der Waals surface area contributed by atoms with Gasteiger partial charge in [0.05, 0.1) is 13.2 Å². The average molecular weight is 342 g/mol. The molecular formula is C19H22N2O4. The number of carbonyl (C=O) groups is 1. The van der Waals surface area contributed by atoms with Crippen molar-refractivity contribution in [3.63, 3.8) is 0 Å². The minimum atomic E-state index is -0.133. The number of carbonyl (C=O) groups excluding carboxylic acids is 1. The number of nitrogens with one attached hydrogen (secondary N) is 1. The van der Waals surface area contributed by atoms with Crippen molar-refractivity contribution >= 4 is 5.91 Å². The lowest BCUT2D eigenvalue weighted by molar-refractivity contribution is 0.0941. The van der Waals surface area contributed by atoms with E-state index in [1.54, 1.807) is 25.3 Å². The number of likely N-dealkylation sites (N-methyl/N-ethyl adjacent to an activating group) is 1. The fraction of sp³-hybridized carbons (Fsp3) is 0.316. The van der Waals surface area contributed by atoms with Crippen LogP contribution in [-0.2, 0) is 0 Å². The molecule has 0 saturated carbocycles. The van der Waals surface area contributed by atoms with Gasteiger partial charge >= 0.3 is 0 Å². The molecular weight excluding hydrogens is 320 g/mol. The molecule has 2 aromatic carbocycles. The summed E-state index contributed by atoms with van der Waals surface area (Å²) in [5, 5.41) is 2.99. The molecule has 1 amide bonds. The Morgan fingerprint density at radius 2 is 2.00 bits per heavy atom. The third kappa shape index (κ3) is 3.85. The largest absolute Gasteiger partial charge is 0.497 e. The Bertz CT molecular complexity index is 761. The van der Waals surface area contributed by atoms with Crippen LogP contribution in [0.25, 0.3) is 0 Å². The molecule has 1 aliphatic heterocycles. The molecule has 0 aliphatic carbocycles. The van der Waals surface area contributed by atoms with Crippen molar-refractivity contribution in [2.45, 2.75) is 6.04 Å². The zero-order valence-electron chi connectivity index (χ0n) is 14.6. The summed E-state index contributed by atoms with van der Waals surface area (Å²) in [6, 6.07) is 13.0. The van der Waals surface area contributed by atoms with Gasteiger partial charge in [0.25, 0.3) is 5.91 Å². The van der Waals surface area contributed by atoms with Gasteiger partial charge < -0.3 is 24.4 Å². The van der Waals surface area contributed by atoms with Gasteiger partial charge in [-0.3, -0.25) is 4.79 Å². The minimum Gasteiger partial charge on any atom is -0.497 e. The number of amides is 1. The Balaban J connectivity index is 1.71. The highest BCUT2D eigenvalue weighted by Crippen LogP contribution is 2.34. The van der Waals surface area contributed by atoms with Crippen LogP contribution >= 0.6 is 0 Å². The first-order valence-corrected chi connectivity index (χ1v) is 8.06. The monoisotopic (exact) mass is 342 g/mol. The maximum atomic E-state index is 12.4. The highest BCUT2D eigenvalue weighted by atomic mass is 16.7. The first-order valence-electron chi connectivity index (χ1n) is 8.06. The van der Waals surface area contributed by atoms with Crippen LogP contribution in [0.1, 0.15) is 22.0 Å². The first kappa shape index (κ1) is 17.1. The summed E-state index contributed by atoms with van der Waals surface area (Å²) in [4.78, 5) is 14.5. The van der Waals surface area contributed by atoms with E-state index < -0.39 is 0 Å². The molecule has 1 aliphatic rings. The van der Waals surface area contributed by atoms with E-state index in [1.165, 1.54) is 0 Å². The second-order valence-corrected chi connectivity index (χ2v) is 6.03. The Hall–Kier alpha value is -2.73. The molecule has 132 valence electrons. The van der Waals surface area contributed by atoms with Gasteiger partial charge in [0.2, 0.25) is 6.79 Å². The van der Waals surface area contributed by atoms with Crippen LogP contribution in [-0.4, -0.2) is 45.3 Å². The van der Waals surface area contributed by atoms with Crippen LogP contribution in [0.5, 0.6) is 17.2 Å². The lowest BCUT2D eigenvalue weighted by Crippen LogP contribution is -2.34. The number of ether oxygens (including phenoxy) is 3. The van der Waals surface area contributed by atoms with Gasteiger partial charge in [-0.2, -0.15) is 0 Å². The standard InChI is InChI=1S/C19H22N2O4/c1-21(2)16(13-7-8-17-18(10-13)25-12-24-17)11-20-19(22)14-5-4-6-15(9-14)23-3/h4-10,16H,11-12H2,1-3H3,(H,20,22). The zero-order valence-corrected chi connectivity index (χ0v) is 14.6. The van der Waals surface area contributed by atoms with E-state index in [-0.39, 0.29) is 18.7 Å². The lowest BCUT2D eigenvalue weighted by atomic mass is 10.0. The third-order valence-electron chi connectivity index (χ3n) is 4.19. The fourth-order valence-electron chi connectivity index (χ4n) is 2.77. The maximum Gasteiger partial charge on any atom is 0.251 e.